The topological polar surface area (TPSA) is 104 Å². The number of aliphatic carboxylic acids is 1. The molecule has 1 aromatic carbocycles. The molecular weight excluding hydrogens is 269 g/mol. The first-order valence-corrected chi connectivity index (χ1v) is 5.41. The highest BCUT2D eigenvalue weighted by atomic mass is 35.5. The number of halogens is 2. The first-order chi connectivity index (χ1) is 7.82. The summed E-state index contributed by atoms with van der Waals surface area (Å²) in [6.45, 7) is 0. The quantitative estimate of drug-likeness (QED) is 0.625. The van der Waals surface area contributed by atoms with E-state index in [-0.39, 0.29) is 21.3 Å². The maximum Gasteiger partial charge on any atom is 0.306 e. The number of hydrogen-bond acceptors (Lipinski definition) is 4. The van der Waals surface area contributed by atoms with Crippen molar-refractivity contribution in [1.82, 2.24) is 0 Å². The SMILES string of the molecule is Nc1c(Cl)cc(Cl)cc1C(O)C(O)CC(=O)O. The Balaban J connectivity index is 3.03. The molecule has 0 aliphatic heterocycles. The molecule has 0 aromatic heterocycles. The minimum Gasteiger partial charge on any atom is -0.481 e. The number of hydrogen-bond donors (Lipinski definition) is 4. The van der Waals surface area contributed by atoms with Crippen LogP contribution in [0.25, 0.3) is 0 Å². The van der Waals surface area contributed by atoms with E-state index in [1.165, 1.54) is 12.1 Å². The van der Waals surface area contributed by atoms with E-state index in [2.05, 4.69) is 0 Å². The average Bonchev–Trinajstić information content (AvgIpc) is 2.21. The van der Waals surface area contributed by atoms with Crippen molar-refractivity contribution >= 4 is 34.9 Å². The molecule has 0 heterocycles. The van der Waals surface area contributed by atoms with Crippen LogP contribution in [0.5, 0.6) is 0 Å². The van der Waals surface area contributed by atoms with Crippen molar-refractivity contribution in [2.45, 2.75) is 18.6 Å². The number of aliphatic hydroxyl groups excluding tert-OH is 2. The number of anilines is 1. The lowest BCUT2D eigenvalue weighted by molar-refractivity contribution is -0.141. The lowest BCUT2D eigenvalue weighted by Crippen LogP contribution is -2.22. The van der Waals surface area contributed by atoms with Gasteiger partial charge in [0.05, 0.1) is 23.2 Å². The molecule has 2 atom stereocenters. The summed E-state index contributed by atoms with van der Waals surface area (Å²) in [4.78, 5) is 10.4. The summed E-state index contributed by atoms with van der Waals surface area (Å²) in [5, 5.41) is 28.1. The van der Waals surface area contributed by atoms with Crippen molar-refractivity contribution < 1.29 is 20.1 Å². The van der Waals surface area contributed by atoms with Gasteiger partial charge in [-0.2, -0.15) is 0 Å². The van der Waals surface area contributed by atoms with Crippen molar-refractivity contribution in [3.63, 3.8) is 0 Å². The smallest absolute Gasteiger partial charge is 0.306 e. The Labute approximate surface area is 107 Å². The summed E-state index contributed by atoms with van der Waals surface area (Å²) in [5.74, 6) is -1.23. The standard InChI is InChI=1S/C10H11Cl2NO4/c11-4-1-5(9(13)6(12)2-4)10(17)7(14)3-8(15)16/h1-2,7,10,14,17H,3,13H2,(H,15,16). The summed E-state index contributed by atoms with van der Waals surface area (Å²) in [5.41, 5.74) is 5.78. The first kappa shape index (κ1) is 14.1. The fourth-order valence-electron chi connectivity index (χ4n) is 1.35. The molecule has 5 nitrogen and oxygen atoms in total. The van der Waals surface area contributed by atoms with E-state index >= 15 is 0 Å². The van der Waals surface area contributed by atoms with Crippen molar-refractivity contribution in [3.8, 4) is 0 Å². The van der Waals surface area contributed by atoms with Crippen LogP contribution in [0, 0.1) is 0 Å². The molecule has 0 bridgehead atoms. The number of nitrogen functional groups attached to an aromatic ring is 1. The first-order valence-electron chi connectivity index (χ1n) is 4.65. The summed E-state index contributed by atoms with van der Waals surface area (Å²) in [7, 11) is 0. The number of carboxylic acids is 1. The third-order valence-corrected chi connectivity index (χ3v) is 2.72. The Bertz CT molecular complexity index is 439. The molecule has 0 aliphatic carbocycles. The van der Waals surface area contributed by atoms with Crippen LogP contribution < -0.4 is 5.73 Å². The zero-order valence-electron chi connectivity index (χ0n) is 8.60. The van der Waals surface area contributed by atoms with Crippen molar-refractivity contribution in [1.29, 1.82) is 0 Å². The molecule has 1 aromatic rings. The van der Waals surface area contributed by atoms with Crippen LogP contribution in [0.1, 0.15) is 18.1 Å². The average molecular weight is 280 g/mol. The van der Waals surface area contributed by atoms with Gasteiger partial charge < -0.3 is 21.1 Å². The van der Waals surface area contributed by atoms with Crippen molar-refractivity contribution in [2.75, 3.05) is 5.73 Å². The van der Waals surface area contributed by atoms with Gasteiger partial charge in [-0.25, -0.2) is 0 Å². The summed E-state index contributed by atoms with van der Waals surface area (Å²) in [6.07, 6.45) is -3.54. The Morgan fingerprint density at radius 2 is 1.94 bits per heavy atom. The van der Waals surface area contributed by atoms with Crippen LogP contribution in [0.4, 0.5) is 5.69 Å². The van der Waals surface area contributed by atoms with Crippen molar-refractivity contribution in [2.24, 2.45) is 0 Å². The number of nitrogens with two attached hydrogens (primary N) is 1. The van der Waals surface area contributed by atoms with Gasteiger partial charge in [0, 0.05) is 10.6 Å². The normalized spacial score (nSPS) is 14.4. The Hall–Kier alpha value is -1.01. The van der Waals surface area contributed by atoms with Gasteiger partial charge in [-0.05, 0) is 12.1 Å². The summed E-state index contributed by atoms with van der Waals surface area (Å²) in [6, 6.07) is 2.72. The van der Waals surface area contributed by atoms with Crippen LogP contribution in [-0.2, 0) is 4.79 Å². The molecule has 0 fully saturated rings. The minimum atomic E-state index is -1.48. The maximum absolute atomic E-state index is 10.4. The van der Waals surface area contributed by atoms with E-state index < -0.39 is 24.6 Å². The fourth-order valence-corrected chi connectivity index (χ4v) is 1.86. The molecular formula is C10H11Cl2NO4. The molecule has 0 aliphatic rings. The van der Waals surface area contributed by atoms with Gasteiger partial charge in [-0.1, -0.05) is 23.2 Å². The van der Waals surface area contributed by atoms with Crippen LogP contribution in [0.3, 0.4) is 0 Å². The second-order valence-corrected chi connectivity index (χ2v) is 4.34. The summed E-state index contributed by atoms with van der Waals surface area (Å²) >= 11 is 11.5. The van der Waals surface area contributed by atoms with E-state index in [9.17, 15) is 15.0 Å². The van der Waals surface area contributed by atoms with Gasteiger partial charge in [-0.15, -0.1) is 0 Å². The number of rotatable bonds is 4. The van der Waals surface area contributed by atoms with Crippen LogP contribution >= 0.6 is 23.2 Å². The zero-order chi connectivity index (χ0) is 13.2. The molecule has 1 rings (SSSR count). The highest BCUT2D eigenvalue weighted by Crippen LogP contribution is 2.33. The molecule has 17 heavy (non-hydrogen) atoms. The van der Waals surface area contributed by atoms with Gasteiger partial charge in [0.2, 0.25) is 0 Å². The number of carbonyl (C=O) groups is 1. The van der Waals surface area contributed by atoms with Crippen LogP contribution in [0.2, 0.25) is 10.0 Å². The molecule has 0 spiro atoms. The number of benzene rings is 1. The minimum absolute atomic E-state index is 0.0630. The third-order valence-electron chi connectivity index (χ3n) is 2.19. The van der Waals surface area contributed by atoms with Gasteiger partial charge in [-0.3, -0.25) is 4.79 Å². The lowest BCUT2D eigenvalue weighted by Gasteiger charge is -2.19. The maximum atomic E-state index is 10.4. The predicted octanol–water partition coefficient (Wildman–Crippen LogP) is 1.44. The van der Waals surface area contributed by atoms with Gasteiger partial charge in [0.1, 0.15) is 6.10 Å². The van der Waals surface area contributed by atoms with Crippen LogP contribution in [-0.4, -0.2) is 27.4 Å². The predicted molar refractivity (Wildman–Crippen MR) is 64.1 cm³/mol. The Morgan fingerprint density at radius 1 is 1.35 bits per heavy atom. The van der Waals surface area contributed by atoms with E-state index in [4.69, 9.17) is 34.0 Å². The molecule has 0 radical (unpaired) electrons. The van der Waals surface area contributed by atoms with E-state index in [0.29, 0.717) is 0 Å². The molecule has 94 valence electrons. The largest absolute Gasteiger partial charge is 0.481 e. The molecule has 0 saturated carbocycles. The molecule has 2 unspecified atom stereocenters. The lowest BCUT2D eigenvalue weighted by atomic mass is 10.0. The van der Waals surface area contributed by atoms with Crippen LogP contribution in [0.15, 0.2) is 12.1 Å². The summed E-state index contributed by atoms with van der Waals surface area (Å²) < 4.78 is 0. The molecule has 5 N–H and O–H groups in total. The number of carboxylic acid groups (broad SMARTS) is 1. The molecule has 7 heteroatoms. The third kappa shape index (κ3) is 3.47. The van der Waals surface area contributed by atoms with Crippen molar-refractivity contribution in [3.05, 3.63) is 27.7 Å². The second kappa shape index (κ2) is 5.55. The van der Waals surface area contributed by atoms with E-state index in [1.807, 2.05) is 0 Å². The van der Waals surface area contributed by atoms with E-state index in [1.54, 1.807) is 0 Å². The van der Waals surface area contributed by atoms with Gasteiger partial charge >= 0.3 is 5.97 Å². The monoisotopic (exact) mass is 279 g/mol. The number of aliphatic hydroxyl groups is 2. The van der Waals surface area contributed by atoms with Gasteiger partial charge in [0.25, 0.3) is 0 Å². The molecule has 0 saturated heterocycles. The van der Waals surface area contributed by atoms with E-state index in [0.717, 1.165) is 0 Å². The zero-order valence-corrected chi connectivity index (χ0v) is 10.1. The second-order valence-electron chi connectivity index (χ2n) is 3.50. The Morgan fingerprint density at radius 3 is 2.47 bits per heavy atom. The van der Waals surface area contributed by atoms with Gasteiger partial charge in [0.15, 0.2) is 0 Å². The highest BCUT2D eigenvalue weighted by molar-refractivity contribution is 6.36. The Kier molecular flexibility index (Phi) is 4.59. The molecule has 0 amide bonds. The fraction of sp³-hybridized carbons (Fsp3) is 0.300. The highest BCUT2D eigenvalue weighted by Gasteiger charge is 2.24.